The fraction of sp³-hybridized carbons (Fsp3) is 0.375. The van der Waals surface area contributed by atoms with Gasteiger partial charge >= 0.3 is 0 Å². The maximum Gasteiger partial charge on any atom is 0.196 e. The third-order valence-corrected chi connectivity index (χ3v) is 4.56. The minimum absolute atomic E-state index is 0.484. The molecule has 1 atom stereocenters. The number of likely N-dealkylation sites (N-methyl/N-ethyl adjacent to an activating group) is 1. The summed E-state index contributed by atoms with van der Waals surface area (Å²) < 4.78 is 6.01. The topological polar surface area (TPSA) is 54.2 Å². The summed E-state index contributed by atoms with van der Waals surface area (Å²) in [6.07, 6.45) is 3.94. The summed E-state index contributed by atoms with van der Waals surface area (Å²) in [6.45, 7) is 1.92. The van der Waals surface area contributed by atoms with Crippen molar-refractivity contribution in [3.05, 3.63) is 29.5 Å². The van der Waals surface area contributed by atoms with Gasteiger partial charge in [-0.15, -0.1) is 0 Å². The van der Waals surface area contributed by atoms with Gasteiger partial charge in [-0.25, -0.2) is 9.97 Å². The number of benzene rings is 1. The van der Waals surface area contributed by atoms with Crippen molar-refractivity contribution < 1.29 is 4.42 Å². The van der Waals surface area contributed by atoms with Crippen LogP contribution in [0.4, 0.5) is 5.82 Å². The fourth-order valence-electron chi connectivity index (χ4n) is 3.17. The number of fused-ring (bicyclic) bond motifs is 3. The SMILES string of the molecule is CN[C@H]1CCCN(c2ncnc3c2oc2ccc(Cl)cc23)C1. The van der Waals surface area contributed by atoms with Gasteiger partial charge in [-0.3, -0.25) is 0 Å². The smallest absolute Gasteiger partial charge is 0.196 e. The Morgan fingerprint density at radius 2 is 2.27 bits per heavy atom. The molecule has 6 heteroatoms. The lowest BCUT2D eigenvalue weighted by molar-refractivity contribution is 0.447. The second-order valence-corrected chi connectivity index (χ2v) is 6.13. The molecule has 0 unspecified atom stereocenters. The van der Waals surface area contributed by atoms with Crippen LogP contribution in [0.5, 0.6) is 0 Å². The number of nitrogens with one attached hydrogen (secondary N) is 1. The summed E-state index contributed by atoms with van der Waals surface area (Å²) in [5.74, 6) is 0.872. The van der Waals surface area contributed by atoms with Crippen molar-refractivity contribution in [2.75, 3.05) is 25.0 Å². The molecule has 5 nitrogen and oxygen atoms in total. The zero-order valence-corrected chi connectivity index (χ0v) is 13.1. The molecule has 1 aliphatic rings. The van der Waals surface area contributed by atoms with E-state index in [1.807, 2.05) is 25.2 Å². The van der Waals surface area contributed by atoms with Crippen LogP contribution < -0.4 is 10.2 Å². The van der Waals surface area contributed by atoms with E-state index in [9.17, 15) is 0 Å². The average molecular weight is 317 g/mol. The van der Waals surface area contributed by atoms with E-state index in [1.165, 1.54) is 6.42 Å². The molecule has 0 saturated carbocycles. The second kappa shape index (κ2) is 5.41. The van der Waals surface area contributed by atoms with Crippen LogP contribution in [-0.2, 0) is 0 Å². The number of hydrogen-bond donors (Lipinski definition) is 1. The van der Waals surface area contributed by atoms with Crippen molar-refractivity contribution >= 4 is 39.5 Å². The normalized spacial score (nSPS) is 19.2. The van der Waals surface area contributed by atoms with E-state index in [-0.39, 0.29) is 0 Å². The van der Waals surface area contributed by atoms with Crippen LogP contribution in [0.3, 0.4) is 0 Å². The first kappa shape index (κ1) is 13.8. The van der Waals surface area contributed by atoms with E-state index in [4.69, 9.17) is 16.0 Å². The van der Waals surface area contributed by atoms with Crippen LogP contribution in [0.2, 0.25) is 5.02 Å². The quantitative estimate of drug-likeness (QED) is 0.786. The third kappa shape index (κ3) is 2.21. The molecule has 3 heterocycles. The number of halogens is 1. The van der Waals surface area contributed by atoms with Crippen molar-refractivity contribution in [3.8, 4) is 0 Å². The molecule has 0 bridgehead atoms. The number of furan rings is 1. The number of rotatable bonds is 2. The Bertz CT molecular complexity index is 831. The molecule has 22 heavy (non-hydrogen) atoms. The lowest BCUT2D eigenvalue weighted by Crippen LogP contribution is -2.44. The first-order valence-electron chi connectivity index (χ1n) is 7.51. The highest BCUT2D eigenvalue weighted by Crippen LogP contribution is 2.34. The van der Waals surface area contributed by atoms with Gasteiger partial charge in [0.25, 0.3) is 0 Å². The number of nitrogens with zero attached hydrogens (tertiary/aromatic N) is 3. The Kier molecular flexibility index (Phi) is 3.39. The molecule has 4 rings (SSSR count). The van der Waals surface area contributed by atoms with Gasteiger partial charge in [0.2, 0.25) is 0 Å². The third-order valence-electron chi connectivity index (χ3n) is 4.32. The summed E-state index contributed by atoms with van der Waals surface area (Å²) in [5.41, 5.74) is 2.37. The van der Waals surface area contributed by atoms with Crippen LogP contribution in [0.1, 0.15) is 12.8 Å². The van der Waals surface area contributed by atoms with Crippen LogP contribution in [0.25, 0.3) is 22.1 Å². The summed E-state index contributed by atoms with van der Waals surface area (Å²) in [5, 5.41) is 4.97. The predicted molar refractivity (Wildman–Crippen MR) is 88.6 cm³/mol. The molecule has 0 radical (unpaired) electrons. The monoisotopic (exact) mass is 316 g/mol. The molecule has 1 aliphatic heterocycles. The molecule has 0 aliphatic carbocycles. The average Bonchev–Trinajstić information content (AvgIpc) is 2.93. The van der Waals surface area contributed by atoms with Crippen LogP contribution in [0.15, 0.2) is 28.9 Å². The van der Waals surface area contributed by atoms with Gasteiger partial charge in [0.05, 0.1) is 0 Å². The lowest BCUT2D eigenvalue weighted by Gasteiger charge is -2.33. The van der Waals surface area contributed by atoms with Gasteiger partial charge in [0, 0.05) is 29.5 Å². The Balaban J connectivity index is 1.86. The summed E-state index contributed by atoms with van der Waals surface area (Å²) in [4.78, 5) is 11.2. The molecule has 0 spiro atoms. The highest BCUT2D eigenvalue weighted by molar-refractivity contribution is 6.31. The summed E-state index contributed by atoms with van der Waals surface area (Å²) in [7, 11) is 2.01. The van der Waals surface area contributed by atoms with Gasteiger partial charge in [-0.2, -0.15) is 0 Å². The Labute approximate surface area is 133 Å². The van der Waals surface area contributed by atoms with E-state index in [2.05, 4.69) is 20.2 Å². The van der Waals surface area contributed by atoms with Crippen LogP contribution >= 0.6 is 11.6 Å². The first-order chi connectivity index (χ1) is 10.8. The summed E-state index contributed by atoms with van der Waals surface area (Å²) in [6, 6.07) is 6.09. The molecule has 1 N–H and O–H groups in total. The van der Waals surface area contributed by atoms with Crippen molar-refractivity contribution in [1.29, 1.82) is 0 Å². The van der Waals surface area contributed by atoms with Gasteiger partial charge in [0.1, 0.15) is 17.4 Å². The Morgan fingerprint density at radius 3 is 3.14 bits per heavy atom. The largest absolute Gasteiger partial charge is 0.450 e. The van der Waals surface area contributed by atoms with E-state index >= 15 is 0 Å². The highest BCUT2D eigenvalue weighted by atomic mass is 35.5. The van der Waals surface area contributed by atoms with E-state index in [1.54, 1.807) is 6.33 Å². The minimum atomic E-state index is 0.484. The van der Waals surface area contributed by atoms with Gasteiger partial charge < -0.3 is 14.6 Å². The lowest BCUT2D eigenvalue weighted by atomic mass is 10.1. The van der Waals surface area contributed by atoms with Crippen molar-refractivity contribution in [2.45, 2.75) is 18.9 Å². The minimum Gasteiger partial charge on any atom is -0.450 e. The zero-order chi connectivity index (χ0) is 15.1. The van der Waals surface area contributed by atoms with Crippen molar-refractivity contribution in [3.63, 3.8) is 0 Å². The zero-order valence-electron chi connectivity index (χ0n) is 12.3. The number of hydrogen-bond acceptors (Lipinski definition) is 5. The molecular formula is C16H17ClN4O. The molecule has 114 valence electrons. The van der Waals surface area contributed by atoms with E-state index in [0.717, 1.165) is 47.4 Å². The Morgan fingerprint density at radius 1 is 1.36 bits per heavy atom. The van der Waals surface area contributed by atoms with Gasteiger partial charge in [-0.1, -0.05) is 11.6 Å². The van der Waals surface area contributed by atoms with Crippen LogP contribution in [-0.4, -0.2) is 36.1 Å². The van der Waals surface area contributed by atoms with Gasteiger partial charge in [0.15, 0.2) is 11.4 Å². The van der Waals surface area contributed by atoms with E-state index in [0.29, 0.717) is 11.1 Å². The van der Waals surface area contributed by atoms with Crippen molar-refractivity contribution in [1.82, 2.24) is 15.3 Å². The molecule has 1 aromatic carbocycles. The molecular weight excluding hydrogens is 300 g/mol. The molecule has 0 amide bonds. The highest BCUT2D eigenvalue weighted by Gasteiger charge is 2.23. The molecule has 1 fully saturated rings. The number of aromatic nitrogens is 2. The molecule has 3 aromatic rings. The Hall–Kier alpha value is -1.85. The van der Waals surface area contributed by atoms with Crippen molar-refractivity contribution in [2.24, 2.45) is 0 Å². The van der Waals surface area contributed by atoms with Crippen LogP contribution in [0, 0.1) is 0 Å². The number of anilines is 1. The second-order valence-electron chi connectivity index (χ2n) is 5.69. The predicted octanol–water partition coefficient (Wildman–Crippen LogP) is 3.22. The molecule has 1 saturated heterocycles. The fourth-order valence-corrected chi connectivity index (χ4v) is 3.34. The first-order valence-corrected chi connectivity index (χ1v) is 7.89. The summed E-state index contributed by atoms with van der Waals surface area (Å²) >= 11 is 6.10. The maximum atomic E-state index is 6.10. The maximum absolute atomic E-state index is 6.10. The van der Waals surface area contributed by atoms with Gasteiger partial charge in [-0.05, 0) is 38.1 Å². The molecule has 2 aromatic heterocycles. The standard InChI is InChI=1S/C16H17ClN4O/c1-18-11-3-2-6-21(8-11)16-15-14(19-9-20-16)12-7-10(17)4-5-13(12)22-15/h4-5,7,9,11,18H,2-3,6,8H2,1H3/t11-/m0/s1. The number of piperidine rings is 1. The van der Waals surface area contributed by atoms with E-state index < -0.39 is 0 Å².